The van der Waals surface area contributed by atoms with Crippen molar-refractivity contribution in [3.8, 4) is 0 Å². The maximum absolute atomic E-state index is 12.6. The maximum Gasteiger partial charge on any atom is 0.321 e. The molecule has 0 unspecified atom stereocenters. The summed E-state index contributed by atoms with van der Waals surface area (Å²) in [6, 6.07) is 12.2. The highest BCUT2D eigenvalue weighted by Gasteiger charge is 2.23. The van der Waals surface area contributed by atoms with Gasteiger partial charge in [0.25, 0.3) is 0 Å². The third-order valence-corrected chi connectivity index (χ3v) is 6.11. The Hall–Kier alpha value is -2.60. The molecule has 0 aliphatic carbocycles. The quantitative estimate of drug-likeness (QED) is 0.708. The van der Waals surface area contributed by atoms with E-state index in [1.165, 1.54) is 15.8 Å². The molecule has 2 aromatic carbocycles. The normalized spacial score (nSPS) is 14.6. The van der Waals surface area contributed by atoms with Crippen molar-refractivity contribution in [1.29, 1.82) is 0 Å². The first-order valence-electron chi connectivity index (χ1n) is 9.25. The summed E-state index contributed by atoms with van der Waals surface area (Å²) in [5.41, 5.74) is 5.54. The number of aromatic nitrogens is 1. The van der Waals surface area contributed by atoms with Crippen molar-refractivity contribution < 1.29 is 4.79 Å². The molecule has 5 nitrogen and oxygen atoms in total. The molecule has 6 heteroatoms. The van der Waals surface area contributed by atoms with Gasteiger partial charge in [0.2, 0.25) is 0 Å². The predicted molar refractivity (Wildman–Crippen MR) is 113 cm³/mol. The molecule has 1 aromatic heterocycles. The maximum atomic E-state index is 12.6. The number of para-hydroxylation sites is 1. The molecule has 0 atom stereocenters. The molecule has 0 radical (unpaired) electrons. The molecule has 1 saturated heterocycles. The average Bonchev–Trinajstić information content (AvgIpc) is 3.08. The lowest BCUT2D eigenvalue weighted by Crippen LogP contribution is -2.50. The van der Waals surface area contributed by atoms with Crippen LogP contribution in [0.3, 0.4) is 0 Å². The predicted octanol–water partition coefficient (Wildman–Crippen LogP) is 4.58. The van der Waals surface area contributed by atoms with Crippen molar-refractivity contribution in [3.05, 3.63) is 53.1 Å². The van der Waals surface area contributed by atoms with E-state index in [4.69, 9.17) is 4.98 Å². The van der Waals surface area contributed by atoms with Crippen molar-refractivity contribution in [1.82, 2.24) is 9.88 Å². The number of aryl methyl sites for hydroxylation is 3. The van der Waals surface area contributed by atoms with Gasteiger partial charge in [-0.05, 0) is 49.6 Å². The van der Waals surface area contributed by atoms with Crippen LogP contribution in [-0.4, -0.2) is 42.1 Å². The van der Waals surface area contributed by atoms with E-state index in [1.54, 1.807) is 11.3 Å². The second-order valence-corrected chi connectivity index (χ2v) is 8.15. The Labute approximate surface area is 163 Å². The lowest BCUT2D eigenvalue weighted by Gasteiger charge is -2.34. The van der Waals surface area contributed by atoms with Crippen LogP contribution >= 0.6 is 11.3 Å². The molecule has 0 bridgehead atoms. The summed E-state index contributed by atoms with van der Waals surface area (Å²) < 4.78 is 1.24. The van der Waals surface area contributed by atoms with Crippen LogP contribution in [0.2, 0.25) is 0 Å². The number of thiazole rings is 1. The number of fused-ring (bicyclic) bond motifs is 1. The Balaban J connectivity index is 1.42. The largest absolute Gasteiger partial charge is 0.345 e. The number of carbonyl (C=O) groups is 1. The number of carbonyl (C=O) groups excluding carboxylic acids is 1. The minimum atomic E-state index is -0.0280. The van der Waals surface area contributed by atoms with Gasteiger partial charge in [0.15, 0.2) is 5.13 Å². The Morgan fingerprint density at radius 3 is 2.52 bits per heavy atom. The van der Waals surface area contributed by atoms with Crippen molar-refractivity contribution >= 4 is 38.4 Å². The minimum Gasteiger partial charge on any atom is -0.345 e. The summed E-state index contributed by atoms with van der Waals surface area (Å²) in [6.07, 6.45) is 0. The van der Waals surface area contributed by atoms with Gasteiger partial charge in [-0.1, -0.05) is 35.6 Å². The number of hydrogen-bond acceptors (Lipinski definition) is 4. The van der Waals surface area contributed by atoms with Gasteiger partial charge in [-0.15, -0.1) is 0 Å². The second kappa shape index (κ2) is 7.19. The fourth-order valence-electron chi connectivity index (χ4n) is 3.50. The van der Waals surface area contributed by atoms with Gasteiger partial charge in [-0.3, -0.25) is 0 Å². The lowest BCUT2D eigenvalue weighted by molar-refractivity contribution is 0.208. The van der Waals surface area contributed by atoms with Gasteiger partial charge < -0.3 is 15.1 Å². The molecule has 0 saturated carbocycles. The van der Waals surface area contributed by atoms with Gasteiger partial charge in [0.05, 0.1) is 10.2 Å². The molecule has 1 N–H and O–H groups in total. The fraction of sp³-hybridized carbons (Fsp3) is 0.333. The van der Waals surface area contributed by atoms with Gasteiger partial charge in [-0.25, -0.2) is 9.78 Å². The van der Waals surface area contributed by atoms with Crippen LogP contribution in [0, 0.1) is 20.8 Å². The average molecular weight is 381 g/mol. The number of nitrogens with zero attached hydrogens (tertiary/aromatic N) is 3. The highest BCUT2D eigenvalue weighted by atomic mass is 32.1. The molecule has 2 amide bonds. The van der Waals surface area contributed by atoms with E-state index in [1.807, 2.05) is 36.1 Å². The summed E-state index contributed by atoms with van der Waals surface area (Å²) in [7, 11) is 0. The van der Waals surface area contributed by atoms with Crippen LogP contribution in [0.5, 0.6) is 0 Å². The lowest BCUT2D eigenvalue weighted by atomic mass is 10.1. The number of benzene rings is 2. The van der Waals surface area contributed by atoms with Crippen LogP contribution in [0.4, 0.5) is 15.6 Å². The topological polar surface area (TPSA) is 48.5 Å². The summed E-state index contributed by atoms with van der Waals surface area (Å²) >= 11 is 1.74. The highest BCUT2D eigenvalue weighted by Crippen LogP contribution is 2.32. The first-order chi connectivity index (χ1) is 13.0. The summed E-state index contributed by atoms with van der Waals surface area (Å²) in [5, 5.41) is 4.08. The van der Waals surface area contributed by atoms with E-state index in [0.29, 0.717) is 13.1 Å². The molecule has 140 valence electrons. The summed E-state index contributed by atoms with van der Waals surface area (Å²) in [6.45, 7) is 9.25. The van der Waals surface area contributed by atoms with Gasteiger partial charge in [-0.2, -0.15) is 0 Å². The molecule has 2 heterocycles. The Bertz CT molecular complexity index is 989. The molecular weight excluding hydrogens is 356 g/mol. The first kappa shape index (κ1) is 17.8. The van der Waals surface area contributed by atoms with Crippen LogP contribution < -0.4 is 10.2 Å². The van der Waals surface area contributed by atoms with E-state index in [0.717, 1.165) is 35.0 Å². The zero-order valence-corrected chi connectivity index (χ0v) is 16.8. The Morgan fingerprint density at radius 2 is 1.78 bits per heavy atom. The standard InChI is InChI=1S/C21H24N4OS/c1-14-12-16(3)19-18(13-14)27-21(23-19)25-10-8-24(9-11-25)20(26)22-17-7-5-4-6-15(17)2/h4-7,12-13H,8-11H2,1-3H3,(H,22,26). The summed E-state index contributed by atoms with van der Waals surface area (Å²) in [5.74, 6) is 0. The van der Waals surface area contributed by atoms with Crippen LogP contribution in [0.25, 0.3) is 10.2 Å². The number of anilines is 2. The Morgan fingerprint density at radius 1 is 1.04 bits per heavy atom. The van der Waals surface area contributed by atoms with E-state index in [-0.39, 0.29) is 6.03 Å². The minimum absolute atomic E-state index is 0.0280. The first-order valence-corrected chi connectivity index (χ1v) is 10.1. The number of urea groups is 1. The van der Waals surface area contributed by atoms with E-state index in [2.05, 4.69) is 36.2 Å². The monoisotopic (exact) mass is 380 g/mol. The van der Waals surface area contributed by atoms with Crippen molar-refractivity contribution in [2.24, 2.45) is 0 Å². The van der Waals surface area contributed by atoms with E-state index >= 15 is 0 Å². The third kappa shape index (κ3) is 3.62. The fourth-order valence-corrected chi connectivity index (χ4v) is 4.70. The molecular formula is C21H24N4OS. The van der Waals surface area contributed by atoms with Crippen molar-refractivity contribution in [2.75, 3.05) is 36.4 Å². The van der Waals surface area contributed by atoms with E-state index in [9.17, 15) is 4.79 Å². The highest BCUT2D eigenvalue weighted by molar-refractivity contribution is 7.22. The number of hydrogen-bond donors (Lipinski definition) is 1. The number of amides is 2. The van der Waals surface area contributed by atoms with Crippen molar-refractivity contribution in [2.45, 2.75) is 20.8 Å². The van der Waals surface area contributed by atoms with Gasteiger partial charge in [0, 0.05) is 31.9 Å². The zero-order chi connectivity index (χ0) is 19.0. The van der Waals surface area contributed by atoms with Crippen LogP contribution in [0.1, 0.15) is 16.7 Å². The molecule has 4 rings (SSSR count). The molecule has 27 heavy (non-hydrogen) atoms. The molecule has 1 aliphatic heterocycles. The SMILES string of the molecule is Cc1cc(C)c2nc(N3CCN(C(=O)Nc4ccccc4C)CC3)sc2c1. The second-order valence-electron chi connectivity index (χ2n) is 7.14. The summed E-state index contributed by atoms with van der Waals surface area (Å²) in [4.78, 5) is 21.6. The smallest absolute Gasteiger partial charge is 0.321 e. The third-order valence-electron chi connectivity index (χ3n) is 5.04. The van der Waals surface area contributed by atoms with E-state index < -0.39 is 0 Å². The van der Waals surface area contributed by atoms with Crippen molar-refractivity contribution in [3.63, 3.8) is 0 Å². The number of piperazine rings is 1. The Kier molecular flexibility index (Phi) is 4.74. The number of rotatable bonds is 2. The molecule has 1 fully saturated rings. The molecule has 0 spiro atoms. The zero-order valence-electron chi connectivity index (χ0n) is 16.0. The molecule has 3 aromatic rings. The van der Waals surface area contributed by atoms with Gasteiger partial charge >= 0.3 is 6.03 Å². The van der Waals surface area contributed by atoms with Crippen LogP contribution in [-0.2, 0) is 0 Å². The van der Waals surface area contributed by atoms with Gasteiger partial charge in [0.1, 0.15) is 0 Å². The number of nitrogens with one attached hydrogen (secondary N) is 1. The van der Waals surface area contributed by atoms with Crippen LogP contribution in [0.15, 0.2) is 36.4 Å². The molecule has 1 aliphatic rings.